The third-order valence-electron chi connectivity index (χ3n) is 8.74. The van der Waals surface area contributed by atoms with Crippen LogP contribution in [0.1, 0.15) is 24.8 Å². The second kappa shape index (κ2) is 12.2. The van der Waals surface area contributed by atoms with Crippen molar-refractivity contribution in [3.05, 3.63) is 71.1 Å². The molecule has 0 bridgehead atoms. The Labute approximate surface area is 252 Å². The number of likely N-dealkylation sites (tertiary alicyclic amines) is 1. The second-order valence-electron chi connectivity index (χ2n) is 11.3. The topological polar surface area (TPSA) is 69.4 Å². The van der Waals surface area contributed by atoms with E-state index in [1.54, 1.807) is 4.90 Å². The van der Waals surface area contributed by atoms with Crippen LogP contribution in [0.3, 0.4) is 0 Å². The lowest BCUT2D eigenvalue weighted by Crippen LogP contribution is -2.56. The summed E-state index contributed by atoms with van der Waals surface area (Å²) in [7, 11) is 2.13. The summed E-state index contributed by atoms with van der Waals surface area (Å²) >= 11 is 6.70. The van der Waals surface area contributed by atoms with Crippen molar-refractivity contribution in [2.75, 3.05) is 62.7 Å². The zero-order valence-electron chi connectivity index (χ0n) is 24.0. The first-order chi connectivity index (χ1) is 20.5. The minimum absolute atomic E-state index is 0.148. The van der Waals surface area contributed by atoms with E-state index in [0.29, 0.717) is 38.3 Å². The Morgan fingerprint density at radius 3 is 2.83 bits per heavy atom. The van der Waals surface area contributed by atoms with Gasteiger partial charge < -0.3 is 29.2 Å². The van der Waals surface area contributed by atoms with Gasteiger partial charge in [-0.15, -0.1) is 0 Å². The summed E-state index contributed by atoms with van der Waals surface area (Å²) in [5.74, 6) is 0.616. The highest BCUT2D eigenvalue weighted by Gasteiger charge is 2.33. The number of carbonyl (C=O) groups is 1. The maximum absolute atomic E-state index is 12.5. The molecule has 0 spiro atoms. The molecule has 2 aromatic carbocycles. The van der Waals surface area contributed by atoms with E-state index in [1.165, 1.54) is 11.6 Å². The average Bonchev–Trinajstić information content (AvgIpc) is 3.43. The molecular formula is C32H36ClN7O2. The number of amides is 1. The fraction of sp³-hybridized carbons (Fsp3) is 0.438. The molecule has 1 amide bonds. The third kappa shape index (κ3) is 5.49. The molecule has 0 N–H and O–H groups in total. The maximum Gasteiger partial charge on any atom is 0.319 e. The number of hydrogen-bond donors (Lipinski definition) is 0. The van der Waals surface area contributed by atoms with Gasteiger partial charge in [-0.3, -0.25) is 4.79 Å². The third-order valence-corrected chi connectivity index (χ3v) is 9.04. The molecule has 6 rings (SSSR count). The molecule has 4 heterocycles. The summed E-state index contributed by atoms with van der Waals surface area (Å²) in [4.78, 5) is 34.5. The summed E-state index contributed by atoms with van der Waals surface area (Å²) in [5.41, 5.74) is 4.12. The number of ether oxygens (including phenoxy) is 1. The van der Waals surface area contributed by atoms with Crippen molar-refractivity contribution >= 4 is 45.6 Å². The van der Waals surface area contributed by atoms with Crippen molar-refractivity contribution in [2.45, 2.75) is 37.8 Å². The summed E-state index contributed by atoms with van der Waals surface area (Å²) in [6.07, 6.45) is 5.62. The SMILES string of the molecule is [C-]#[N+]C[C@H]1CN(c2nc(OC[C@@H]3CCCN3C)nc3cc(N4CCCc5cccc(Cl)c54)ccc23)CCN1C(=O)C=C. The molecule has 2 saturated heterocycles. The molecule has 0 saturated carbocycles. The highest BCUT2D eigenvalue weighted by molar-refractivity contribution is 6.33. The molecule has 42 heavy (non-hydrogen) atoms. The molecule has 0 radical (unpaired) electrons. The molecule has 10 heteroatoms. The van der Waals surface area contributed by atoms with E-state index in [9.17, 15) is 4.79 Å². The average molecular weight is 586 g/mol. The van der Waals surface area contributed by atoms with Gasteiger partial charge in [-0.25, -0.2) is 6.57 Å². The number of benzene rings is 2. The predicted molar refractivity (Wildman–Crippen MR) is 167 cm³/mol. The van der Waals surface area contributed by atoms with E-state index < -0.39 is 0 Å². The largest absolute Gasteiger partial charge is 0.462 e. The van der Waals surface area contributed by atoms with Gasteiger partial charge in [-0.1, -0.05) is 30.3 Å². The van der Waals surface area contributed by atoms with Gasteiger partial charge in [0.05, 0.1) is 16.2 Å². The van der Waals surface area contributed by atoms with E-state index in [1.807, 2.05) is 12.1 Å². The van der Waals surface area contributed by atoms with Crippen molar-refractivity contribution < 1.29 is 9.53 Å². The first kappa shape index (κ1) is 28.3. The Hall–Kier alpha value is -3.87. The molecular weight excluding hydrogens is 550 g/mol. The number of aromatic nitrogens is 2. The number of halogens is 1. The van der Waals surface area contributed by atoms with Crippen molar-refractivity contribution in [3.63, 3.8) is 0 Å². The van der Waals surface area contributed by atoms with Crippen molar-refractivity contribution in [1.29, 1.82) is 0 Å². The normalized spacial score (nSPS) is 20.8. The highest BCUT2D eigenvalue weighted by atomic mass is 35.5. The molecule has 218 valence electrons. The molecule has 0 unspecified atom stereocenters. The summed E-state index contributed by atoms with van der Waals surface area (Å²) < 4.78 is 6.26. The lowest BCUT2D eigenvalue weighted by molar-refractivity contribution is -0.128. The molecule has 2 atom stereocenters. The Morgan fingerprint density at radius 2 is 2.05 bits per heavy atom. The van der Waals surface area contributed by atoms with Crippen LogP contribution >= 0.6 is 11.6 Å². The van der Waals surface area contributed by atoms with E-state index in [2.05, 4.69) is 57.4 Å². The van der Waals surface area contributed by atoms with Crippen LogP contribution in [0.25, 0.3) is 15.7 Å². The van der Waals surface area contributed by atoms with E-state index in [0.717, 1.165) is 71.9 Å². The molecule has 1 aromatic heterocycles. The van der Waals surface area contributed by atoms with Gasteiger partial charge in [0.15, 0.2) is 0 Å². The smallest absolute Gasteiger partial charge is 0.319 e. The number of fused-ring (bicyclic) bond motifs is 2. The number of anilines is 3. The van der Waals surface area contributed by atoms with Gasteiger partial charge in [0.25, 0.3) is 0 Å². The standard InChI is InChI=1S/C32H36ClN7O2/c1-4-29(41)39-17-16-38(20-25(39)19-34-2)31-26-13-12-23(40-15-6-9-22-8-5-11-27(33)30(22)40)18-28(26)35-32(36-31)42-21-24-10-7-14-37(24)3/h4-5,8,11-13,18,24-25H,1,6-7,9-10,14-17,19-21H2,3H3/t24-,25-/m0/s1. The first-order valence-electron chi connectivity index (χ1n) is 14.7. The zero-order chi connectivity index (χ0) is 29.2. The Bertz CT molecular complexity index is 1540. The van der Waals surface area contributed by atoms with Crippen LogP contribution < -0.4 is 14.5 Å². The molecule has 9 nitrogen and oxygen atoms in total. The highest BCUT2D eigenvalue weighted by Crippen LogP contribution is 2.40. The second-order valence-corrected chi connectivity index (χ2v) is 11.7. The van der Waals surface area contributed by atoms with Gasteiger partial charge in [0.2, 0.25) is 12.5 Å². The number of rotatable bonds is 7. The van der Waals surface area contributed by atoms with Crippen molar-refractivity contribution in [1.82, 2.24) is 19.8 Å². The van der Waals surface area contributed by atoms with Crippen LogP contribution in [0.15, 0.2) is 49.1 Å². The van der Waals surface area contributed by atoms with E-state index in [4.69, 9.17) is 32.9 Å². The monoisotopic (exact) mass is 585 g/mol. The molecule has 3 aliphatic rings. The zero-order valence-corrected chi connectivity index (χ0v) is 24.8. The summed E-state index contributed by atoms with van der Waals surface area (Å²) in [6.45, 7) is 15.4. The van der Waals surface area contributed by atoms with Gasteiger partial charge in [0.1, 0.15) is 18.5 Å². The number of likely N-dealkylation sites (N-methyl/N-ethyl adjacent to an activating group) is 1. The lowest BCUT2D eigenvalue weighted by atomic mass is 10.0. The first-order valence-corrected chi connectivity index (χ1v) is 15.1. The van der Waals surface area contributed by atoms with Gasteiger partial charge >= 0.3 is 6.01 Å². The van der Waals surface area contributed by atoms with Crippen molar-refractivity contribution in [3.8, 4) is 6.01 Å². The number of para-hydroxylation sites is 1. The van der Waals surface area contributed by atoms with E-state index in [-0.39, 0.29) is 18.5 Å². The molecule has 3 aliphatic heterocycles. The Morgan fingerprint density at radius 1 is 1.17 bits per heavy atom. The van der Waals surface area contributed by atoms with Crippen LogP contribution in [-0.2, 0) is 11.2 Å². The quantitative estimate of drug-likeness (QED) is 0.287. The van der Waals surface area contributed by atoms with Gasteiger partial charge in [-0.2, -0.15) is 9.97 Å². The van der Waals surface area contributed by atoms with Crippen LogP contribution in [0.5, 0.6) is 6.01 Å². The number of hydrogen-bond acceptors (Lipinski definition) is 7. The number of nitrogens with zero attached hydrogens (tertiary/aromatic N) is 7. The van der Waals surface area contributed by atoms with Gasteiger partial charge in [0, 0.05) is 43.3 Å². The molecule has 0 aliphatic carbocycles. The van der Waals surface area contributed by atoms with Crippen LogP contribution in [-0.4, -0.2) is 90.7 Å². The van der Waals surface area contributed by atoms with Crippen LogP contribution in [0.2, 0.25) is 5.02 Å². The number of carbonyl (C=O) groups excluding carboxylic acids is 1. The van der Waals surface area contributed by atoms with Crippen LogP contribution in [0, 0.1) is 6.57 Å². The number of aryl methyl sites for hydroxylation is 1. The van der Waals surface area contributed by atoms with E-state index >= 15 is 0 Å². The van der Waals surface area contributed by atoms with Gasteiger partial charge in [-0.05, 0) is 75.2 Å². The molecule has 2 fully saturated rings. The Kier molecular flexibility index (Phi) is 8.18. The van der Waals surface area contributed by atoms with Crippen LogP contribution in [0.4, 0.5) is 17.2 Å². The minimum atomic E-state index is -0.255. The minimum Gasteiger partial charge on any atom is -0.462 e. The lowest BCUT2D eigenvalue weighted by Gasteiger charge is -2.39. The fourth-order valence-corrected chi connectivity index (χ4v) is 6.79. The predicted octanol–water partition coefficient (Wildman–Crippen LogP) is 4.96. The Balaban J connectivity index is 1.38. The summed E-state index contributed by atoms with van der Waals surface area (Å²) in [6, 6.07) is 12.8. The van der Waals surface area contributed by atoms with Crippen molar-refractivity contribution in [2.24, 2.45) is 0 Å². The summed E-state index contributed by atoms with van der Waals surface area (Å²) in [5, 5.41) is 1.66. The molecule has 3 aromatic rings. The fourth-order valence-electron chi connectivity index (χ4n) is 6.49. The number of piperazine rings is 1. The maximum atomic E-state index is 12.5.